The number of carbonyl (C=O) groups excluding carboxylic acids is 1. The van der Waals surface area contributed by atoms with Gasteiger partial charge in [0, 0.05) is 12.4 Å². The molecule has 0 aliphatic rings. The van der Waals surface area contributed by atoms with Gasteiger partial charge in [-0.1, -0.05) is 0 Å². The molecule has 0 atom stereocenters. The van der Waals surface area contributed by atoms with Crippen LogP contribution in [-0.4, -0.2) is 16.1 Å². The molecule has 1 aromatic heterocycles. The lowest BCUT2D eigenvalue weighted by Crippen LogP contribution is -2.11. The van der Waals surface area contributed by atoms with E-state index in [4.69, 9.17) is 5.26 Å². The minimum absolute atomic E-state index is 0.234. The molecule has 0 fully saturated rings. The van der Waals surface area contributed by atoms with E-state index in [9.17, 15) is 4.79 Å². The molecule has 6 heteroatoms. The highest BCUT2D eigenvalue weighted by atomic mass is 16.5. The normalized spacial score (nSPS) is 8.25. The number of nitrogens with zero attached hydrogens (tertiary/aromatic N) is 3. The summed E-state index contributed by atoms with van der Waals surface area (Å²) in [6.07, 6.45) is 4.55. The van der Waals surface area contributed by atoms with Crippen molar-refractivity contribution in [2.45, 2.75) is 0 Å². The molecule has 0 bridgehead atoms. The molecule has 1 rings (SSSR count). The van der Waals surface area contributed by atoms with E-state index < -0.39 is 6.09 Å². The first-order chi connectivity index (χ1) is 5.83. The van der Waals surface area contributed by atoms with Crippen molar-refractivity contribution in [3.63, 3.8) is 0 Å². The summed E-state index contributed by atoms with van der Waals surface area (Å²) in [5.41, 5.74) is 0. The van der Waals surface area contributed by atoms with Crippen LogP contribution in [0.5, 0.6) is 0 Å². The van der Waals surface area contributed by atoms with E-state index in [1.165, 1.54) is 24.8 Å². The number of hydrogen-bond acceptors (Lipinski definition) is 5. The number of ether oxygens (including phenoxy) is 1. The second kappa shape index (κ2) is 3.88. The summed E-state index contributed by atoms with van der Waals surface area (Å²) in [7, 11) is 0. The number of hydrogen-bond donors (Lipinski definition) is 1. The van der Waals surface area contributed by atoms with E-state index in [-0.39, 0.29) is 5.82 Å². The Morgan fingerprint density at radius 1 is 1.67 bits per heavy atom. The van der Waals surface area contributed by atoms with Crippen LogP contribution in [0.3, 0.4) is 0 Å². The summed E-state index contributed by atoms with van der Waals surface area (Å²) in [6.45, 7) is 0. The van der Waals surface area contributed by atoms with Crippen LogP contribution >= 0.6 is 0 Å². The van der Waals surface area contributed by atoms with Gasteiger partial charge >= 0.3 is 6.09 Å². The standard InChI is InChI=1S/C6H4N4O2/c7-4-12-6(11)10-5-3-8-1-2-9-5/h1-3H,(H,9,10,11). The Morgan fingerprint density at radius 2 is 2.50 bits per heavy atom. The van der Waals surface area contributed by atoms with Crippen molar-refractivity contribution >= 4 is 11.9 Å². The number of nitriles is 1. The second-order valence-corrected chi connectivity index (χ2v) is 1.70. The van der Waals surface area contributed by atoms with Gasteiger partial charge in [-0.25, -0.2) is 9.78 Å². The first kappa shape index (κ1) is 7.94. The third kappa shape index (κ3) is 2.22. The molecule has 0 spiro atoms. The molecule has 60 valence electrons. The van der Waals surface area contributed by atoms with Gasteiger partial charge in [0.05, 0.1) is 6.20 Å². The van der Waals surface area contributed by atoms with Crippen molar-refractivity contribution in [2.24, 2.45) is 0 Å². The van der Waals surface area contributed by atoms with Gasteiger partial charge in [-0.05, 0) is 0 Å². The molecule has 0 aliphatic heterocycles. The van der Waals surface area contributed by atoms with Crippen LogP contribution in [0.15, 0.2) is 18.6 Å². The number of carbonyl (C=O) groups is 1. The van der Waals surface area contributed by atoms with Crippen molar-refractivity contribution in [1.82, 2.24) is 9.97 Å². The van der Waals surface area contributed by atoms with Gasteiger partial charge in [0.1, 0.15) is 0 Å². The molecule has 1 N–H and O–H groups in total. The zero-order valence-electron chi connectivity index (χ0n) is 5.89. The molecule has 0 saturated carbocycles. The minimum atomic E-state index is -0.877. The minimum Gasteiger partial charge on any atom is -0.333 e. The molecule has 0 unspecified atom stereocenters. The second-order valence-electron chi connectivity index (χ2n) is 1.70. The Balaban J connectivity index is 2.54. The lowest BCUT2D eigenvalue weighted by atomic mass is 10.7. The molecular formula is C6H4N4O2. The molecule has 6 nitrogen and oxygen atoms in total. The predicted molar refractivity (Wildman–Crippen MR) is 37.7 cm³/mol. The van der Waals surface area contributed by atoms with Gasteiger partial charge in [-0.3, -0.25) is 10.3 Å². The largest absolute Gasteiger partial charge is 0.428 e. The lowest BCUT2D eigenvalue weighted by molar-refractivity contribution is 0.205. The van der Waals surface area contributed by atoms with Crippen LogP contribution in [0.2, 0.25) is 0 Å². The van der Waals surface area contributed by atoms with Gasteiger partial charge in [-0.15, -0.1) is 5.26 Å². The highest BCUT2D eigenvalue weighted by Gasteiger charge is 2.01. The summed E-state index contributed by atoms with van der Waals surface area (Å²) < 4.78 is 3.93. The van der Waals surface area contributed by atoms with Gasteiger partial charge in [0.15, 0.2) is 5.82 Å². The maximum atomic E-state index is 10.6. The molecule has 1 heterocycles. The average molecular weight is 164 g/mol. The number of aromatic nitrogens is 2. The van der Waals surface area contributed by atoms with Crippen LogP contribution in [0.4, 0.5) is 10.6 Å². The van der Waals surface area contributed by atoms with Crippen molar-refractivity contribution in [1.29, 1.82) is 5.26 Å². The zero-order chi connectivity index (χ0) is 8.81. The van der Waals surface area contributed by atoms with Crippen molar-refractivity contribution in [3.05, 3.63) is 18.6 Å². The number of anilines is 1. The highest BCUT2D eigenvalue weighted by molar-refractivity contribution is 5.83. The topological polar surface area (TPSA) is 87.9 Å². The third-order valence-corrected chi connectivity index (χ3v) is 0.932. The SMILES string of the molecule is N#COC(=O)Nc1cnccn1. The third-order valence-electron chi connectivity index (χ3n) is 0.932. The van der Waals surface area contributed by atoms with Crippen LogP contribution in [0, 0.1) is 11.5 Å². The molecular weight excluding hydrogens is 160 g/mol. The van der Waals surface area contributed by atoms with Crippen molar-refractivity contribution < 1.29 is 9.53 Å². The van der Waals surface area contributed by atoms with Crippen LogP contribution in [0.1, 0.15) is 0 Å². The van der Waals surface area contributed by atoms with Gasteiger partial charge < -0.3 is 4.74 Å². The molecule has 12 heavy (non-hydrogen) atoms. The quantitative estimate of drug-likeness (QED) is 0.610. The van der Waals surface area contributed by atoms with E-state index in [1.807, 2.05) is 0 Å². The van der Waals surface area contributed by atoms with E-state index >= 15 is 0 Å². The maximum absolute atomic E-state index is 10.6. The number of nitrogens with one attached hydrogen (secondary N) is 1. The molecule has 0 aliphatic carbocycles. The first-order valence-corrected chi connectivity index (χ1v) is 2.96. The van der Waals surface area contributed by atoms with Gasteiger partial charge in [0.25, 0.3) is 6.26 Å². The van der Waals surface area contributed by atoms with Gasteiger partial charge in [-0.2, -0.15) is 0 Å². The maximum Gasteiger partial charge on any atom is 0.428 e. The fraction of sp³-hybridized carbons (Fsp3) is 0. The molecule has 1 amide bonds. The van der Waals surface area contributed by atoms with E-state index in [1.54, 1.807) is 0 Å². The summed E-state index contributed by atoms with van der Waals surface area (Å²) in [6, 6.07) is 0. The van der Waals surface area contributed by atoms with Crippen molar-refractivity contribution in [3.8, 4) is 6.26 Å². The van der Waals surface area contributed by atoms with E-state index in [0.717, 1.165) is 0 Å². The predicted octanol–water partition coefficient (Wildman–Crippen LogP) is 0.506. The van der Waals surface area contributed by atoms with Crippen LogP contribution in [0.25, 0.3) is 0 Å². The van der Waals surface area contributed by atoms with Crippen molar-refractivity contribution in [2.75, 3.05) is 5.32 Å². The molecule has 0 aromatic carbocycles. The number of amides is 1. The smallest absolute Gasteiger partial charge is 0.333 e. The Bertz CT molecular complexity index is 305. The Morgan fingerprint density at radius 3 is 3.08 bits per heavy atom. The fourth-order valence-corrected chi connectivity index (χ4v) is 0.535. The van der Waals surface area contributed by atoms with Crippen LogP contribution in [-0.2, 0) is 4.74 Å². The van der Waals surface area contributed by atoms with E-state index in [2.05, 4.69) is 20.0 Å². The summed E-state index contributed by atoms with van der Waals surface area (Å²) >= 11 is 0. The molecule has 0 radical (unpaired) electrons. The first-order valence-electron chi connectivity index (χ1n) is 2.96. The summed E-state index contributed by atoms with van der Waals surface area (Å²) in [5.74, 6) is 0.234. The number of rotatable bonds is 1. The summed E-state index contributed by atoms with van der Waals surface area (Å²) in [5, 5.41) is 10.1. The highest BCUT2D eigenvalue weighted by Crippen LogP contribution is 1.96. The molecule has 1 aromatic rings. The van der Waals surface area contributed by atoms with Gasteiger partial charge in [0.2, 0.25) is 0 Å². The Kier molecular flexibility index (Phi) is 2.57. The monoisotopic (exact) mass is 164 g/mol. The zero-order valence-corrected chi connectivity index (χ0v) is 5.89. The average Bonchev–Trinajstić information content (AvgIpc) is 2.06. The van der Waals surface area contributed by atoms with Crippen LogP contribution < -0.4 is 5.32 Å². The fourth-order valence-electron chi connectivity index (χ4n) is 0.535. The van der Waals surface area contributed by atoms with E-state index in [0.29, 0.717) is 0 Å². The summed E-state index contributed by atoms with van der Waals surface area (Å²) in [4.78, 5) is 18.0. The molecule has 0 saturated heterocycles. The Hall–Kier alpha value is -2.16. The Labute approximate surface area is 67.8 Å². The lowest BCUT2D eigenvalue weighted by Gasteiger charge is -1.97.